The molecule has 0 saturated heterocycles. The van der Waals surface area contributed by atoms with Gasteiger partial charge in [-0.15, -0.1) is 0 Å². The van der Waals surface area contributed by atoms with Crippen molar-refractivity contribution in [3.8, 4) is 0 Å². The van der Waals surface area contributed by atoms with Crippen molar-refractivity contribution in [3.05, 3.63) is 31.3 Å². The van der Waals surface area contributed by atoms with Crippen LogP contribution in [-0.4, -0.2) is 6.29 Å². The van der Waals surface area contributed by atoms with Crippen LogP contribution in [0.15, 0.2) is 16.6 Å². The summed E-state index contributed by atoms with van der Waals surface area (Å²) in [4.78, 5) is 10.5. The van der Waals surface area contributed by atoms with Crippen molar-refractivity contribution in [2.45, 2.75) is 6.92 Å². The van der Waals surface area contributed by atoms with Gasteiger partial charge in [-0.25, -0.2) is 0 Å². The van der Waals surface area contributed by atoms with Crippen LogP contribution in [0.2, 0.25) is 0 Å². The predicted molar refractivity (Wildman–Crippen MR) is 57.0 cm³/mol. The van der Waals surface area contributed by atoms with Crippen molar-refractivity contribution in [1.29, 1.82) is 0 Å². The van der Waals surface area contributed by atoms with Gasteiger partial charge in [0.25, 0.3) is 0 Å². The first-order chi connectivity index (χ1) is 5.15. The molecule has 1 rings (SSSR count). The maximum atomic E-state index is 10.5. The van der Waals surface area contributed by atoms with Crippen molar-refractivity contribution in [2.75, 3.05) is 0 Å². The van der Waals surface area contributed by atoms with Gasteiger partial charge in [-0.1, -0.05) is 15.9 Å². The molecule has 0 spiro atoms. The first-order valence-electron chi connectivity index (χ1n) is 3.06. The smallest absolute Gasteiger partial charge is 0.151 e. The molecular formula is C8H6BrIO. The Hall–Kier alpha value is 0.1000. The van der Waals surface area contributed by atoms with Gasteiger partial charge in [0.1, 0.15) is 0 Å². The van der Waals surface area contributed by atoms with Crippen molar-refractivity contribution >= 4 is 44.8 Å². The van der Waals surface area contributed by atoms with E-state index in [1.807, 2.05) is 19.1 Å². The summed E-state index contributed by atoms with van der Waals surface area (Å²) in [5, 5.41) is 0. The summed E-state index contributed by atoms with van der Waals surface area (Å²) in [6, 6.07) is 3.82. The number of hydrogen-bond acceptors (Lipinski definition) is 1. The van der Waals surface area contributed by atoms with Crippen LogP contribution in [0.3, 0.4) is 0 Å². The van der Waals surface area contributed by atoms with Crippen LogP contribution in [-0.2, 0) is 0 Å². The lowest BCUT2D eigenvalue weighted by Crippen LogP contribution is -1.87. The van der Waals surface area contributed by atoms with E-state index in [0.717, 1.165) is 25.5 Å². The van der Waals surface area contributed by atoms with E-state index in [1.54, 1.807) is 0 Å². The molecule has 0 bridgehead atoms. The maximum absolute atomic E-state index is 10.5. The van der Waals surface area contributed by atoms with Gasteiger partial charge in [-0.2, -0.15) is 0 Å². The van der Waals surface area contributed by atoms with E-state index in [0.29, 0.717) is 0 Å². The van der Waals surface area contributed by atoms with Crippen molar-refractivity contribution in [2.24, 2.45) is 0 Å². The molecule has 0 heterocycles. The maximum Gasteiger partial charge on any atom is 0.151 e. The molecular weight excluding hydrogens is 319 g/mol. The highest BCUT2D eigenvalue weighted by Gasteiger charge is 2.01. The third-order valence-corrected chi connectivity index (χ3v) is 3.19. The first-order valence-corrected chi connectivity index (χ1v) is 4.93. The van der Waals surface area contributed by atoms with E-state index in [1.165, 1.54) is 0 Å². The second-order valence-corrected chi connectivity index (χ2v) is 4.26. The van der Waals surface area contributed by atoms with Crippen molar-refractivity contribution < 1.29 is 4.79 Å². The zero-order chi connectivity index (χ0) is 8.43. The number of halogens is 2. The average molecular weight is 325 g/mol. The van der Waals surface area contributed by atoms with Gasteiger partial charge in [-0.05, 0) is 47.2 Å². The number of carbonyl (C=O) groups excluding carboxylic acids is 1. The SMILES string of the molecule is Cc1cc(I)c(C=O)cc1Br. The topological polar surface area (TPSA) is 17.1 Å². The van der Waals surface area contributed by atoms with Gasteiger partial charge < -0.3 is 0 Å². The summed E-state index contributed by atoms with van der Waals surface area (Å²) in [5.41, 5.74) is 1.89. The van der Waals surface area contributed by atoms with Crippen LogP contribution in [0.1, 0.15) is 15.9 Å². The summed E-state index contributed by atoms with van der Waals surface area (Å²) in [6.07, 6.45) is 0.867. The second kappa shape index (κ2) is 3.67. The van der Waals surface area contributed by atoms with E-state index in [4.69, 9.17) is 0 Å². The van der Waals surface area contributed by atoms with Gasteiger partial charge >= 0.3 is 0 Å². The highest BCUT2D eigenvalue weighted by molar-refractivity contribution is 14.1. The van der Waals surface area contributed by atoms with Gasteiger partial charge in [0.2, 0.25) is 0 Å². The lowest BCUT2D eigenvalue weighted by molar-refractivity contribution is 0.112. The van der Waals surface area contributed by atoms with E-state index in [-0.39, 0.29) is 0 Å². The molecule has 3 heteroatoms. The average Bonchev–Trinajstić information content (AvgIpc) is 1.97. The highest BCUT2D eigenvalue weighted by atomic mass is 127. The molecule has 0 saturated carbocycles. The Kier molecular flexibility index (Phi) is 3.06. The molecule has 0 atom stereocenters. The minimum atomic E-state index is 0.739. The molecule has 0 fully saturated rings. The lowest BCUT2D eigenvalue weighted by Gasteiger charge is -2.00. The normalized spacial score (nSPS) is 9.73. The molecule has 0 radical (unpaired) electrons. The third kappa shape index (κ3) is 2.02. The van der Waals surface area contributed by atoms with E-state index in [2.05, 4.69) is 38.5 Å². The van der Waals surface area contributed by atoms with Crippen molar-refractivity contribution in [3.63, 3.8) is 0 Å². The molecule has 1 aromatic rings. The highest BCUT2D eigenvalue weighted by Crippen LogP contribution is 2.21. The van der Waals surface area contributed by atoms with E-state index < -0.39 is 0 Å². The van der Waals surface area contributed by atoms with Gasteiger partial charge in [0.15, 0.2) is 6.29 Å². The van der Waals surface area contributed by atoms with Crippen LogP contribution in [0.4, 0.5) is 0 Å². The van der Waals surface area contributed by atoms with Crippen LogP contribution < -0.4 is 0 Å². The fraction of sp³-hybridized carbons (Fsp3) is 0.125. The van der Waals surface area contributed by atoms with Crippen LogP contribution in [0, 0.1) is 10.5 Å². The standard InChI is InChI=1S/C8H6BrIO/c1-5-2-8(10)6(4-11)3-7(5)9/h2-4H,1H3. The van der Waals surface area contributed by atoms with Crippen LogP contribution in [0.25, 0.3) is 0 Å². The van der Waals surface area contributed by atoms with Gasteiger partial charge in [-0.3, -0.25) is 4.79 Å². The minimum absolute atomic E-state index is 0.739. The molecule has 58 valence electrons. The molecule has 0 unspecified atom stereocenters. The Balaban J connectivity index is 3.31. The molecule has 0 N–H and O–H groups in total. The van der Waals surface area contributed by atoms with Gasteiger partial charge in [0, 0.05) is 13.6 Å². The Morgan fingerprint density at radius 3 is 2.73 bits per heavy atom. The zero-order valence-corrected chi connectivity index (χ0v) is 9.64. The van der Waals surface area contributed by atoms with E-state index in [9.17, 15) is 4.79 Å². The van der Waals surface area contributed by atoms with Crippen LogP contribution >= 0.6 is 38.5 Å². The summed E-state index contributed by atoms with van der Waals surface area (Å²) in [5.74, 6) is 0. The number of carbonyl (C=O) groups is 1. The van der Waals surface area contributed by atoms with Crippen molar-refractivity contribution in [1.82, 2.24) is 0 Å². The molecule has 11 heavy (non-hydrogen) atoms. The monoisotopic (exact) mass is 324 g/mol. The second-order valence-electron chi connectivity index (χ2n) is 2.24. The molecule has 0 aliphatic carbocycles. The van der Waals surface area contributed by atoms with Gasteiger partial charge in [0.05, 0.1) is 0 Å². The number of aryl methyl sites for hydroxylation is 1. The zero-order valence-electron chi connectivity index (χ0n) is 5.90. The quantitative estimate of drug-likeness (QED) is 0.573. The number of rotatable bonds is 1. The summed E-state index contributed by atoms with van der Waals surface area (Å²) >= 11 is 5.51. The molecule has 0 amide bonds. The Morgan fingerprint density at radius 1 is 1.55 bits per heavy atom. The predicted octanol–water partition coefficient (Wildman–Crippen LogP) is 3.17. The molecule has 1 nitrogen and oxygen atoms in total. The Bertz CT molecular complexity index is 296. The Morgan fingerprint density at radius 2 is 2.18 bits per heavy atom. The first kappa shape index (κ1) is 9.19. The number of aldehydes is 1. The molecule has 0 aliphatic heterocycles. The number of hydrogen-bond donors (Lipinski definition) is 0. The summed E-state index contributed by atoms with van der Waals surface area (Å²) in [7, 11) is 0. The van der Waals surface area contributed by atoms with E-state index >= 15 is 0 Å². The fourth-order valence-electron chi connectivity index (χ4n) is 0.752. The molecule has 0 aliphatic rings. The Labute approximate surface area is 87.5 Å². The largest absolute Gasteiger partial charge is 0.298 e. The minimum Gasteiger partial charge on any atom is -0.298 e. The summed E-state index contributed by atoms with van der Waals surface area (Å²) < 4.78 is 1.98. The molecule has 0 aromatic heterocycles. The van der Waals surface area contributed by atoms with Crippen LogP contribution in [0.5, 0.6) is 0 Å². The summed E-state index contributed by atoms with van der Waals surface area (Å²) in [6.45, 7) is 2.00. The number of benzene rings is 1. The lowest BCUT2D eigenvalue weighted by atomic mass is 10.2. The third-order valence-electron chi connectivity index (χ3n) is 1.40. The molecule has 1 aromatic carbocycles. The fourth-order valence-corrected chi connectivity index (χ4v) is 1.86.